The van der Waals surface area contributed by atoms with E-state index < -0.39 is 23.3 Å². The number of methoxy groups -OCH3 is 1. The second kappa shape index (κ2) is 5.47. The molecule has 1 aromatic rings. The van der Waals surface area contributed by atoms with E-state index in [1.807, 2.05) is 0 Å². The number of nitrogens with zero attached hydrogens (tertiary/aromatic N) is 1. The lowest BCUT2D eigenvalue weighted by Crippen LogP contribution is -2.37. The number of pyridine rings is 1. The van der Waals surface area contributed by atoms with Crippen LogP contribution in [0.3, 0.4) is 0 Å². The molecule has 2 N–H and O–H groups in total. The van der Waals surface area contributed by atoms with Gasteiger partial charge < -0.3 is 15.2 Å². The van der Waals surface area contributed by atoms with Gasteiger partial charge in [-0.25, -0.2) is 4.79 Å². The largest absolute Gasteiger partial charge is 0.480 e. The molecule has 0 fully saturated rings. The number of esters is 1. The Balaban J connectivity index is 2.92. The predicted octanol–water partition coefficient (Wildman–Crippen LogP) is 0.917. The first-order valence-corrected chi connectivity index (χ1v) is 5.37. The van der Waals surface area contributed by atoms with E-state index in [0.29, 0.717) is 0 Å². The minimum absolute atomic E-state index is 0.161. The molecule has 0 aliphatic carbocycles. The van der Waals surface area contributed by atoms with Crippen molar-refractivity contribution in [2.24, 2.45) is 5.41 Å². The number of aromatic nitrogens is 1. The van der Waals surface area contributed by atoms with E-state index in [4.69, 9.17) is 5.11 Å². The number of hydrogen-bond acceptors (Lipinski definition) is 5. The molecule has 102 valence electrons. The highest BCUT2D eigenvalue weighted by Gasteiger charge is 2.36. The monoisotopic (exact) mass is 266 g/mol. The van der Waals surface area contributed by atoms with Crippen LogP contribution in [-0.2, 0) is 14.3 Å². The Morgan fingerprint density at radius 3 is 2.47 bits per heavy atom. The van der Waals surface area contributed by atoms with Crippen LogP contribution in [0.1, 0.15) is 24.2 Å². The minimum atomic E-state index is -1.58. The molecule has 0 atom stereocenters. The number of carbonyl (C=O) groups is 3. The normalized spacial score (nSPS) is 10.7. The van der Waals surface area contributed by atoms with Gasteiger partial charge in [0, 0.05) is 6.20 Å². The molecule has 1 heterocycles. The van der Waals surface area contributed by atoms with Gasteiger partial charge >= 0.3 is 11.9 Å². The van der Waals surface area contributed by atoms with E-state index in [9.17, 15) is 14.4 Å². The highest BCUT2D eigenvalue weighted by molar-refractivity contribution is 6.07. The summed E-state index contributed by atoms with van der Waals surface area (Å²) < 4.78 is 4.52. The van der Waals surface area contributed by atoms with Crippen molar-refractivity contribution in [2.75, 3.05) is 12.4 Å². The first-order valence-electron chi connectivity index (χ1n) is 5.37. The fourth-order valence-corrected chi connectivity index (χ4v) is 1.12. The quantitative estimate of drug-likeness (QED) is 0.620. The molecule has 0 aliphatic heterocycles. The van der Waals surface area contributed by atoms with Gasteiger partial charge in [0.15, 0.2) is 0 Å². The van der Waals surface area contributed by atoms with E-state index in [2.05, 4.69) is 15.0 Å². The summed E-state index contributed by atoms with van der Waals surface area (Å²) in [5, 5.41) is 11.3. The average Bonchev–Trinajstić information content (AvgIpc) is 2.37. The van der Waals surface area contributed by atoms with Crippen LogP contribution >= 0.6 is 0 Å². The zero-order valence-electron chi connectivity index (χ0n) is 10.8. The fourth-order valence-electron chi connectivity index (χ4n) is 1.12. The van der Waals surface area contributed by atoms with E-state index in [1.165, 1.54) is 39.4 Å². The average molecular weight is 266 g/mol. The summed E-state index contributed by atoms with van der Waals surface area (Å²) in [4.78, 5) is 37.8. The molecule has 0 unspecified atom stereocenters. The zero-order chi connectivity index (χ0) is 14.6. The molecule has 19 heavy (non-hydrogen) atoms. The first-order chi connectivity index (χ1) is 8.78. The van der Waals surface area contributed by atoms with Gasteiger partial charge in [0.05, 0.1) is 24.6 Å². The van der Waals surface area contributed by atoms with Gasteiger partial charge in [-0.2, -0.15) is 0 Å². The molecule has 0 aromatic carbocycles. The molecule has 0 bridgehead atoms. The molecule has 0 spiro atoms. The SMILES string of the molecule is COC(=O)c1cncc(NC(=O)C(C)(C)C(=O)O)c1. The summed E-state index contributed by atoms with van der Waals surface area (Å²) in [6.07, 6.45) is 2.59. The topological polar surface area (TPSA) is 106 Å². The number of ether oxygens (including phenoxy) is 1. The summed E-state index contributed by atoms with van der Waals surface area (Å²) >= 11 is 0. The Bertz CT molecular complexity index is 525. The van der Waals surface area contributed by atoms with Crippen LogP contribution in [0.15, 0.2) is 18.5 Å². The third-order valence-electron chi connectivity index (χ3n) is 2.52. The number of aliphatic carboxylic acids is 1. The minimum Gasteiger partial charge on any atom is -0.480 e. The smallest absolute Gasteiger partial charge is 0.339 e. The van der Waals surface area contributed by atoms with Crippen LogP contribution in [0, 0.1) is 5.41 Å². The van der Waals surface area contributed by atoms with Crippen molar-refractivity contribution in [2.45, 2.75) is 13.8 Å². The highest BCUT2D eigenvalue weighted by Crippen LogP contribution is 2.19. The maximum Gasteiger partial charge on any atom is 0.339 e. The third kappa shape index (κ3) is 3.27. The van der Waals surface area contributed by atoms with E-state index in [-0.39, 0.29) is 11.3 Å². The Morgan fingerprint density at radius 1 is 1.32 bits per heavy atom. The summed E-state index contributed by atoms with van der Waals surface area (Å²) in [7, 11) is 1.22. The zero-order valence-corrected chi connectivity index (χ0v) is 10.8. The van der Waals surface area contributed by atoms with Gasteiger partial charge in [-0.15, -0.1) is 0 Å². The van der Waals surface area contributed by atoms with Crippen molar-refractivity contribution in [1.82, 2.24) is 4.98 Å². The van der Waals surface area contributed by atoms with Gasteiger partial charge in [-0.05, 0) is 19.9 Å². The summed E-state index contributed by atoms with van der Waals surface area (Å²) in [5.41, 5.74) is -1.20. The van der Waals surface area contributed by atoms with Crippen LogP contribution < -0.4 is 5.32 Å². The number of anilines is 1. The maximum atomic E-state index is 11.8. The van der Waals surface area contributed by atoms with Crippen molar-refractivity contribution in [3.63, 3.8) is 0 Å². The summed E-state index contributed by atoms with van der Waals surface area (Å²) in [6, 6.07) is 1.36. The summed E-state index contributed by atoms with van der Waals surface area (Å²) in [6.45, 7) is 2.56. The molecular formula is C12H14N2O5. The van der Waals surface area contributed by atoms with E-state index in [1.54, 1.807) is 0 Å². The van der Waals surface area contributed by atoms with Crippen molar-refractivity contribution in [3.05, 3.63) is 24.0 Å². The van der Waals surface area contributed by atoms with Crippen molar-refractivity contribution in [3.8, 4) is 0 Å². The second-order valence-electron chi connectivity index (χ2n) is 4.34. The highest BCUT2D eigenvalue weighted by atomic mass is 16.5. The van der Waals surface area contributed by atoms with Crippen molar-refractivity contribution in [1.29, 1.82) is 0 Å². The predicted molar refractivity (Wildman–Crippen MR) is 65.6 cm³/mol. The number of nitrogens with one attached hydrogen (secondary N) is 1. The Morgan fingerprint density at radius 2 is 1.95 bits per heavy atom. The van der Waals surface area contributed by atoms with Crippen LogP contribution in [0.4, 0.5) is 5.69 Å². The van der Waals surface area contributed by atoms with Crippen LogP contribution in [0.5, 0.6) is 0 Å². The number of carboxylic acids is 1. The molecule has 7 heteroatoms. The molecule has 7 nitrogen and oxygen atoms in total. The Hall–Kier alpha value is -2.44. The fraction of sp³-hybridized carbons (Fsp3) is 0.333. The maximum absolute atomic E-state index is 11.8. The standard InChI is InChI=1S/C12H14N2O5/c1-12(2,11(17)18)10(16)14-8-4-7(5-13-6-8)9(15)19-3/h4-6H,1-3H3,(H,14,16)(H,17,18). The van der Waals surface area contributed by atoms with Gasteiger partial charge in [0.2, 0.25) is 5.91 Å². The van der Waals surface area contributed by atoms with Gasteiger partial charge in [0.25, 0.3) is 0 Å². The number of amides is 1. The first kappa shape index (κ1) is 14.6. The molecule has 1 aromatic heterocycles. The van der Waals surface area contributed by atoms with Crippen LogP contribution in [0.2, 0.25) is 0 Å². The number of carbonyl (C=O) groups excluding carboxylic acids is 2. The number of hydrogen-bond donors (Lipinski definition) is 2. The van der Waals surface area contributed by atoms with Crippen LogP contribution in [-0.4, -0.2) is 35.0 Å². The molecular weight excluding hydrogens is 252 g/mol. The lowest BCUT2D eigenvalue weighted by molar-refractivity contribution is -0.151. The molecule has 0 radical (unpaired) electrons. The van der Waals surface area contributed by atoms with Gasteiger partial charge in [-0.3, -0.25) is 14.6 Å². The molecule has 1 amide bonds. The Labute approximate surface area is 109 Å². The third-order valence-corrected chi connectivity index (χ3v) is 2.52. The summed E-state index contributed by atoms with van der Waals surface area (Å²) in [5.74, 6) is -2.55. The molecule has 0 saturated heterocycles. The molecule has 0 aliphatic rings. The lowest BCUT2D eigenvalue weighted by atomic mass is 9.92. The molecule has 1 rings (SSSR count). The van der Waals surface area contributed by atoms with Gasteiger partial charge in [0.1, 0.15) is 5.41 Å². The van der Waals surface area contributed by atoms with Crippen molar-refractivity contribution < 1.29 is 24.2 Å². The molecule has 0 saturated carbocycles. The Kier molecular flexibility index (Phi) is 4.21. The number of carboxylic acid groups (broad SMARTS) is 1. The van der Waals surface area contributed by atoms with E-state index in [0.717, 1.165) is 0 Å². The van der Waals surface area contributed by atoms with Crippen LogP contribution in [0.25, 0.3) is 0 Å². The van der Waals surface area contributed by atoms with Gasteiger partial charge in [-0.1, -0.05) is 0 Å². The van der Waals surface area contributed by atoms with E-state index >= 15 is 0 Å². The number of rotatable bonds is 4. The second-order valence-corrected chi connectivity index (χ2v) is 4.34. The van der Waals surface area contributed by atoms with Crippen molar-refractivity contribution >= 4 is 23.5 Å². The lowest BCUT2D eigenvalue weighted by Gasteiger charge is -2.18.